The van der Waals surface area contributed by atoms with Gasteiger partial charge in [0, 0.05) is 25.2 Å². The molecule has 1 heterocycles. The fourth-order valence-electron chi connectivity index (χ4n) is 3.15. The molecule has 1 saturated carbocycles. The summed E-state index contributed by atoms with van der Waals surface area (Å²) in [6, 6.07) is 4.86. The van der Waals surface area contributed by atoms with Gasteiger partial charge in [0.25, 0.3) is 0 Å². The maximum absolute atomic E-state index is 11.1. The van der Waals surface area contributed by atoms with E-state index in [0.717, 1.165) is 43.9 Å². The van der Waals surface area contributed by atoms with Gasteiger partial charge < -0.3 is 9.47 Å². The van der Waals surface area contributed by atoms with Crippen LogP contribution < -0.4 is 14.2 Å². The molecule has 0 radical (unpaired) electrons. The van der Waals surface area contributed by atoms with E-state index in [2.05, 4.69) is 35.6 Å². The SMILES string of the molecule is CC(C)NS(=O)(=O)C1CC1.COc1cc2c(cc1OC)CN(C(C)C)CC2. The molecule has 0 bridgehead atoms. The topological polar surface area (TPSA) is 67.9 Å². The maximum atomic E-state index is 11.1. The molecule has 0 spiro atoms. The molecular weight excluding hydrogens is 364 g/mol. The average Bonchev–Trinajstić information content (AvgIpc) is 3.45. The van der Waals surface area contributed by atoms with Crippen LogP contribution in [0.4, 0.5) is 0 Å². The van der Waals surface area contributed by atoms with E-state index in [1.54, 1.807) is 14.2 Å². The van der Waals surface area contributed by atoms with Crippen molar-refractivity contribution in [1.82, 2.24) is 9.62 Å². The van der Waals surface area contributed by atoms with Crippen molar-refractivity contribution >= 4 is 10.0 Å². The number of sulfonamides is 1. The summed E-state index contributed by atoms with van der Waals surface area (Å²) in [5, 5.41) is -0.0881. The highest BCUT2D eigenvalue weighted by molar-refractivity contribution is 7.90. The van der Waals surface area contributed by atoms with Gasteiger partial charge in [0.1, 0.15) is 0 Å². The van der Waals surface area contributed by atoms with E-state index in [0.29, 0.717) is 6.04 Å². The van der Waals surface area contributed by atoms with Crippen molar-refractivity contribution in [1.29, 1.82) is 0 Å². The number of fused-ring (bicyclic) bond motifs is 1. The third kappa shape index (κ3) is 6.09. The second-order valence-electron chi connectivity index (χ2n) is 7.81. The summed E-state index contributed by atoms with van der Waals surface area (Å²) >= 11 is 0. The molecule has 1 N–H and O–H groups in total. The molecule has 1 aromatic rings. The quantitative estimate of drug-likeness (QED) is 0.798. The number of methoxy groups -OCH3 is 2. The predicted octanol–water partition coefficient (Wildman–Crippen LogP) is 2.95. The molecule has 2 aliphatic rings. The minimum Gasteiger partial charge on any atom is -0.493 e. The Morgan fingerprint density at radius 3 is 2.04 bits per heavy atom. The van der Waals surface area contributed by atoms with Crippen molar-refractivity contribution < 1.29 is 17.9 Å². The molecule has 1 fully saturated rings. The van der Waals surface area contributed by atoms with Crippen LogP contribution in [-0.2, 0) is 23.0 Å². The Balaban J connectivity index is 0.000000223. The van der Waals surface area contributed by atoms with Crippen LogP contribution in [0.15, 0.2) is 12.1 Å². The first kappa shape index (κ1) is 22.0. The molecular formula is C20H34N2O4S. The second kappa shape index (κ2) is 9.26. The Kier molecular flexibility index (Phi) is 7.54. The molecule has 0 saturated heterocycles. The molecule has 0 atom stereocenters. The Hall–Kier alpha value is -1.31. The average molecular weight is 399 g/mol. The summed E-state index contributed by atoms with van der Waals surface area (Å²) < 4.78 is 35.4. The second-order valence-corrected chi connectivity index (χ2v) is 9.80. The van der Waals surface area contributed by atoms with Crippen LogP contribution in [0.1, 0.15) is 51.7 Å². The summed E-state index contributed by atoms with van der Waals surface area (Å²) in [6.07, 6.45) is 2.76. The van der Waals surface area contributed by atoms with Gasteiger partial charge in [-0.15, -0.1) is 0 Å². The normalized spacial score (nSPS) is 17.3. The first-order valence-corrected chi connectivity index (χ1v) is 11.2. The number of rotatable bonds is 6. The zero-order valence-electron chi connectivity index (χ0n) is 17.4. The third-order valence-electron chi connectivity index (χ3n) is 4.84. The Morgan fingerprint density at radius 2 is 1.59 bits per heavy atom. The minimum atomic E-state index is -2.94. The summed E-state index contributed by atoms with van der Waals surface area (Å²) in [7, 11) is 0.439. The highest BCUT2D eigenvalue weighted by Gasteiger charge is 2.35. The Labute approximate surface area is 164 Å². The van der Waals surface area contributed by atoms with Gasteiger partial charge in [-0.1, -0.05) is 0 Å². The van der Waals surface area contributed by atoms with Crippen molar-refractivity contribution in [2.45, 2.75) is 70.8 Å². The first-order valence-electron chi connectivity index (χ1n) is 9.66. The van der Waals surface area contributed by atoms with E-state index in [1.165, 1.54) is 11.1 Å². The van der Waals surface area contributed by atoms with Crippen LogP contribution in [-0.4, -0.2) is 51.4 Å². The van der Waals surface area contributed by atoms with Crippen molar-refractivity contribution in [3.8, 4) is 11.5 Å². The number of benzene rings is 1. The van der Waals surface area contributed by atoms with Crippen LogP contribution in [0.25, 0.3) is 0 Å². The van der Waals surface area contributed by atoms with Crippen molar-refractivity contribution in [3.05, 3.63) is 23.3 Å². The van der Waals surface area contributed by atoms with Crippen LogP contribution in [0.2, 0.25) is 0 Å². The fraction of sp³-hybridized carbons (Fsp3) is 0.700. The fourth-order valence-corrected chi connectivity index (χ4v) is 4.76. The van der Waals surface area contributed by atoms with Crippen LogP contribution in [0.5, 0.6) is 11.5 Å². The molecule has 7 heteroatoms. The van der Waals surface area contributed by atoms with E-state index in [4.69, 9.17) is 9.47 Å². The van der Waals surface area contributed by atoms with Crippen LogP contribution in [0, 0.1) is 0 Å². The molecule has 6 nitrogen and oxygen atoms in total. The summed E-state index contributed by atoms with van der Waals surface area (Å²) in [4.78, 5) is 2.48. The molecule has 1 aliphatic heterocycles. The van der Waals surface area contributed by atoms with Crippen LogP contribution in [0.3, 0.4) is 0 Å². The molecule has 1 aliphatic carbocycles. The Morgan fingerprint density at radius 1 is 1.04 bits per heavy atom. The molecule has 1 aromatic carbocycles. The maximum Gasteiger partial charge on any atom is 0.214 e. The standard InChI is InChI=1S/C14H21NO2.C6H13NO2S/c1-10(2)15-6-5-11-7-13(16-3)14(17-4)8-12(11)9-15;1-5(2)7-10(8,9)6-3-4-6/h7-8,10H,5-6,9H2,1-4H3;5-7H,3-4H2,1-2H3. The van der Waals surface area contributed by atoms with Gasteiger partial charge in [0.15, 0.2) is 11.5 Å². The van der Waals surface area contributed by atoms with Gasteiger partial charge in [-0.3, -0.25) is 4.90 Å². The van der Waals surface area contributed by atoms with Gasteiger partial charge in [0.05, 0.1) is 19.5 Å². The lowest BCUT2D eigenvalue weighted by Crippen LogP contribution is -2.35. The predicted molar refractivity (Wildman–Crippen MR) is 109 cm³/mol. The van der Waals surface area contributed by atoms with E-state index >= 15 is 0 Å². The van der Waals surface area contributed by atoms with Crippen molar-refractivity contribution in [3.63, 3.8) is 0 Å². The summed E-state index contributed by atoms with van der Waals surface area (Å²) in [5.74, 6) is 1.67. The van der Waals surface area contributed by atoms with Gasteiger partial charge in [-0.25, -0.2) is 13.1 Å². The minimum absolute atomic E-state index is 0.0330. The van der Waals surface area contributed by atoms with Crippen molar-refractivity contribution in [2.75, 3.05) is 20.8 Å². The van der Waals surface area contributed by atoms with E-state index in [9.17, 15) is 8.42 Å². The molecule has 0 unspecified atom stereocenters. The molecule has 0 amide bonds. The number of nitrogens with zero attached hydrogens (tertiary/aromatic N) is 1. The van der Waals surface area contributed by atoms with Gasteiger partial charge in [-0.05, 0) is 70.2 Å². The monoisotopic (exact) mass is 398 g/mol. The molecule has 154 valence electrons. The van der Waals surface area contributed by atoms with E-state index < -0.39 is 10.0 Å². The molecule has 0 aromatic heterocycles. The van der Waals surface area contributed by atoms with Gasteiger partial charge in [0.2, 0.25) is 10.0 Å². The van der Waals surface area contributed by atoms with Gasteiger partial charge in [-0.2, -0.15) is 0 Å². The number of hydrogen-bond donors (Lipinski definition) is 1. The van der Waals surface area contributed by atoms with Gasteiger partial charge >= 0.3 is 0 Å². The zero-order chi connectivity index (χ0) is 20.2. The molecule has 27 heavy (non-hydrogen) atoms. The first-order chi connectivity index (χ1) is 12.7. The lowest BCUT2D eigenvalue weighted by atomic mass is 9.98. The lowest BCUT2D eigenvalue weighted by molar-refractivity contribution is 0.202. The number of ether oxygens (including phenoxy) is 2. The molecule has 3 rings (SSSR count). The van der Waals surface area contributed by atoms with E-state index in [1.807, 2.05) is 13.8 Å². The number of hydrogen-bond acceptors (Lipinski definition) is 5. The highest BCUT2D eigenvalue weighted by atomic mass is 32.2. The summed E-state index contributed by atoms with van der Waals surface area (Å²) in [6.45, 7) is 10.3. The Bertz CT molecular complexity index is 728. The third-order valence-corrected chi connectivity index (χ3v) is 6.99. The summed E-state index contributed by atoms with van der Waals surface area (Å²) in [5.41, 5.74) is 2.75. The van der Waals surface area contributed by atoms with E-state index in [-0.39, 0.29) is 11.3 Å². The van der Waals surface area contributed by atoms with Crippen molar-refractivity contribution in [2.24, 2.45) is 0 Å². The smallest absolute Gasteiger partial charge is 0.214 e. The zero-order valence-corrected chi connectivity index (χ0v) is 18.2. The lowest BCUT2D eigenvalue weighted by Gasteiger charge is -2.32. The largest absolute Gasteiger partial charge is 0.493 e. The highest BCUT2D eigenvalue weighted by Crippen LogP contribution is 2.33. The van der Waals surface area contributed by atoms with Crippen LogP contribution >= 0.6 is 0 Å². The number of nitrogens with one attached hydrogen (secondary N) is 1.